The average molecular weight is 363 g/mol. The number of carbonyl (C=O) groups excluding carboxylic acids is 1. The number of aliphatic carboxylic acids is 1. The molecule has 2 N–H and O–H groups in total. The number of aromatic nitrogens is 2. The first-order chi connectivity index (χ1) is 12.3. The quantitative estimate of drug-likeness (QED) is 0.807. The van der Waals surface area contributed by atoms with E-state index in [0.717, 1.165) is 18.5 Å². The summed E-state index contributed by atoms with van der Waals surface area (Å²) in [5, 5.41) is 24.8. The van der Waals surface area contributed by atoms with E-state index in [0.29, 0.717) is 37.5 Å². The highest BCUT2D eigenvalue weighted by Gasteiger charge is 2.52. The normalized spacial score (nSPS) is 26.3. The number of aliphatic hydroxyl groups excluding tert-OH is 1. The Bertz CT molecular complexity index is 695. The van der Waals surface area contributed by atoms with E-state index in [4.69, 9.17) is 0 Å². The van der Waals surface area contributed by atoms with Gasteiger partial charge in [-0.25, -0.2) is 0 Å². The maximum Gasteiger partial charge on any atom is 0.314 e. The number of rotatable bonds is 6. The molecule has 1 aromatic rings. The Morgan fingerprint density at radius 2 is 2.04 bits per heavy atom. The summed E-state index contributed by atoms with van der Waals surface area (Å²) in [4.78, 5) is 26.8. The first-order valence-corrected chi connectivity index (χ1v) is 9.57. The summed E-state index contributed by atoms with van der Waals surface area (Å²) >= 11 is 0. The number of carbonyl (C=O) groups is 2. The van der Waals surface area contributed by atoms with Crippen LogP contribution in [0.5, 0.6) is 0 Å². The van der Waals surface area contributed by atoms with E-state index < -0.39 is 17.5 Å². The molecule has 7 nitrogen and oxygen atoms in total. The van der Waals surface area contributed by atoms with Crippen LogP contribution in [0.2, 0.25) is 0 Å². The number of amides is 1. The molecule has 0 spiro atoms. The van der Waals surface area contributed by atoms with Gasteiger partial charge in [0.1, 0.15) is 11.1 Å². The van der Waals surface area contributed by atoms with Gasteiger partial charge in [0.05, 0.1) is 11.8 Å². The lowest BCUT2D eigenvalue weighted by Gasteiger charge is -2.43. The zero-order chi connectivity index (χ0) is 19.1. The van der Waals surface area contributed by atoms with Crippen molar-refractivity contribution in [1.29, 1.82) is 0 Å². The molecule has 0 bridgehead atoms. The molecule has 2 atom stereocenters. The van der Waals surface area contributed by atoms with Gasteiger partial charge in [0.25, 0.3) is 5.91 Å². The monoisotopic (exact) mass is 363 g/mol. The SMILES string of the molecule is CCn1nc(C(C)C)cc1C(=O)N1CC[C@H](O)[C@](CC2CC2)(C(=O)O)C1. The van der Waals surface area contributed by atoms with Gasteiger partial charge in [-0.2, -0.15) is 5.10 Å². The van der Waals surface area contributed by atoms with E-state index in [9.17, 15) is 19.8 Å². The highest BCUT2D eigenvalue weighted by Crippen LogP contribution is 2.45. The van der Waals surface area contributed by atoms with Crippen LogP contribution in [-0.2, 0) is 11.3 Å². The molecule has 1 saturated heterocycles. The van der Waals surface area contributed by atoms with Gasteiger partial charge >= 0.3 is 5.97 Å². The Morgan fingerprint density at radius 1 is 1.35 bits per heavy atom. The van der Waals surface area contributed by atoms with Crippen LogP contribution in [0.4, 0.5) is 0 Å². The Labute approximate surface area is 154 Å². The third-order valence-electron chi connectivity index (χ3n) is 5.76. The largest absolute Gasteiger partial charge is 0.481 e. The van der Waals surface area contributed by atoms with Crippen molar-refractivity contribution in [2.45, 2.75) is 65.0 Å². The van der Waals surface area contributed by atoms with Crippen LogP contribution in [0.3, 0.4) is 0 Å². The van der Waals surface area contributed by atoms with Crippen molar-refractivity contribution in [1.82, 2.24) is 14.7 Å². The third kappa shape index (κ3) is 3.37. The smallest absolute Gasteiger partial charge is 0.314 e. The molecule has 2 fully saturated rings. The number of likely N-dealkylation sites (tertiary alicyclic amines) is 1. The number of aryl methyl sites for hydroxylation is 1. The lowest BCUT2D eigenvalue weighted by Crippen LogP contribution is -2.57. The lowest BCUT2D eigenvalue weighted by molar-refractivity contribution is -0.163. The van der Waals surface area contributed by atoms with Gasteiger partial charge in [-0.3, -0.25) is 14.3 Å². The molecule has 1 aliphatic heterocycles. The second-order valence-electron chi connectivity index (χ2n) is 8.06. The maximum atomic E-state index is 13.1. The standard InChI is InChI=1S/C19H29N3O4/c1-4-22-15(9-14(20-22)12(2)3)17(24)21-8-7-16(23)19(11-21,18(25)26)10-13-5-6-13/h9,12-13,16,23H,4-8,10-11H2,1-3H3,(H,25,26)/t16-,19+/m0/s1. The van der Waals surface area contributed by atoms with E-state index in [2.05, 4.69) is 5.10 Å². The fourth-order valence-electron chi connectivity index (χ4n) is 3.88. The molecule has 1 saturated carbocycles. The van der Waals surface area contributed by atoms with Crippen LogP contribution in [0.15, 0.2) is 6.07 Å². The number of hydrogen-bond acceptors (Lipinski definition) is 4. The van der Waals surface area contributed by atoms with Crippen LogP contribution >= 0.6 is 0 Å². The van der Waals surface area contributed by atoms with Gasteiger partial charge in [-0.05, 0) is 37.7 Å². The molecular formula is C19H29N3O4. The second-order valence-corrected chi connectivity index (χ2v) is 8.06. The molecule has 1 amide bonds. The molecule has 0 aromatic carbocycles. The number of carboxylic acids is 1. The molecule has 7 heteroatoms. The van der Waals surface area contributed by atoms with Crippen LogP contribution in [0, 0.1) is 11.3 Å². The molecule has 2 aliphatic rings. The van der Waals surface area contributed by atoms with Crippen molar-refractivity contribution in [2.75, 3.05) is 13.1 Å². The predicted molar refractivity (Wildman–Crippen MR) is 95.9 cm³/mol. The molecule has 144 valence electrons. The summed E-state index contributed by atoms with van der Waals surface area (Å²) in [7, 11) is 0. The molecular weight excluding hydrogens is 334 g/mol. The van der Waals surface area contributed by atoms with Crippen LogP contribution in [-0.4, -0.2) is 56.0 Å². The minimum atomic E-state index is -1.26. The summed E-state index contributed by atoms with van der Waals surface area (Å²) in [5.41, 5.74) is 0.0977. The minimum Gasteiger partial charge on any atom is -0.481 e. The Hall–Kier alpha value is -1.89. The summed E-state index contributed by atoms with van der Waals surface area (Å²) in [6, 6.07) is 1.81. The summed E-state index contributed by atoms with van der Waals surface area (Å²) < 4.78 is 1.69. The van der Waals surface area contributed by atoms with Gasteiger partial charge in [0, 0.05) is 19.6 Å². The number of nitrogens with zero attached hydrogens (tertiary/aromatic N) is 3. The summed E-state index contributed by atoms with van der Waals surface area (Å²) in [6.07, 6.45) is 1.85. The summed E-state index contributed by atoms with van der Waals surface area (Å²) in [5.74, 6) is -0.629. The maximum absolute atomic E-state index is 13.1. The van der Waals surface area contributed by atoms with Crippen LogP contribution < -0.4 is 0 Å². The van der Waals surface area contributed by atoms with Gasteiger partial charge in [-0.15, -0.1) is 0 Å². The van der Waals surface area contributed by atoms with Gasteiger partial charge in [0.15, 0.2) is 0 Å². The first kappa shape index (κ1) is 18.9. The second kappa shape index (κ2) is 7.02. The Balaban J connectivity index is 1.87. The highest BCUT2D eigenvalue weighted by molar-refractivity contribution is 5.93. The van der Waals surface area contributed by atoms with E-state index in [1.165, 1.54) is 0 Å². The van der Waals surface area contributed by atoms with Crippen LogP contribution in [0.1, 0.15) is 68.6 Å². The number of hydrogen-bond donors (Lipinski definition) is 2. The molecule has 26 heavy (non-hydrogen) atoms. The van der Waals surface area contributed by atoms with Crippen molar-refractivity contribution in [2.24, 2.45) is 11.3 Å². The Kier molecular flexibility index (Phi) is 5.10. The van der Waals surface area contributed by atoms with E-state index in [1.54, 1.807) is 9.58 Å². The zero-order valence-electron chi connectivity index (χ0n) is 15.8. The van der Waals surface area contributed by atoms with Crippen molar-refractivity contribution in [3.05, 3.63) is 17.5 Å². The van der Waals surface area contributed by atoms with Crippen molar-refractivity contribution in [3.63, 3.8) is 0 Å². The first-order valence-electron chi connectivity index (χ1n) is 9.57. The lowest BCUT2D eigenvalue weighted by atomic mass is 9.73. The molecule has 2 heterocycles. The molecule has 3 rings (SSSR count). The Morgan fingerprint density at radius 3 is 2.58 bits per heavy atom. The van der Waals surface area contributed by atoms with Gasteiger partial charge < -0.3 is 15.1 Å². The number of aliphatic hydroxyl groups is 1. The minimum absolute atomic E-state index is 0.0603. The number of piperidine rings is 1. The van der Waals surface area contributed by atoms with Crippen molar-refractivity contribution < 1.29 is 19.8 Å². The number of carboxylic acid groups (broad SMARTS) is 1. The molecule has 1 aromatic heterocycles. The topological polar surface area (TPSA) is 95.7 Å². The van der Waals surface area contributed by atoms with Crippen molar-refractivity contribution in [3.8, 4) is 0 Å². The molecule has 0 unspecified atom stereocenters. The highest BCUT2D eigenvalue weighted by atomic mass is 16.4. The fourth-order valence-corrected chi connectivity index (χ4v) is 3.88. The fraction of sp³-hybridized carbons (Fsp3) is 0.737. The van der Waals surface area contributed by atoms with E-state index in [-0.39, 0.29) is 18.4 Å². The predicted octanol–water partition coefficient (Wildman–Crippen LogP) is 2.10. The van der Waals surface area contributed by atoms with E-state index >= 15 is 0 Å². The zero-order valence-corrected chi connectivity index (χ0v) is 15.8. The third-order valence-corrected chi connectivity index (χ3v) is 5.76. The summed E-state index contributed by atoms with van der Waals surface area (Å²) in [6.45, 7) is 6.99. The van der Waals surface area contributed by atoms with Crippen LogP contribution in [0.25, 0.3) is 0 Å². The molecule has 0 radical (unpaired) electrons. The van der Waals surface area contributed by atoms with Gasteiger partial charge in [-0.1, -0.05) is 26.7 Å². The average Bonchev–Trinajstić information content (AvgIpc) is 3.30. The van der Waals surface area contributed by atoms with Gasteiger partial charge in [0.2, 0.25) is 0 Å². The van der Waals surface area contributed by atoms with Crippen molar-refractivity contribution >= 4 is 11.9 Å². The molecule has 1 aliphatic carbocycles. The van der Waals surface area contributed by atoms with E-state index in [1.807, 2.05) is 26.8 Å².